The van der Waals surface area contributed by atoms with Gasteiger partial charge in [-0.25, -0.2) is 0 Å². The molecule has 0 radical (unpaired) electrons. The van der Waals surface area contributed by atoms with Gasteiger partial charge >= 0.3 is 0 Å². The molecule has 0 heterocycles. The average molecular weight is 406 g/mol. The molecule has 29 heavy (non-hydrogen) atoms. The maximum Gasteiger partial charge on any atom is 0.269 e. The molecular weight excluding hydrogens is 360 g/mol. The highest BCUT2D eigenvalue weighted by atomic mass is 16.6. The minimum absolute atomic E-state index is 0.208. The van der Waals surface area contributed by atoms with Crippen LogP contribution >= 0.6 is 0 Å². The molecule has 0 saturated carbocycles. The van der Waals surface area contributed by atoms with Crippen molar-refractivity contribution in [3.63, 3.8) is 0 Å². The normalized spacial score (nSPS) is 13.6. The van der Waals surface area contributed by atoms with Gasteiger partial charge in [0.25, 0.3) is 5.69 Å². The van der Waals surface area contributed by atoms with E-state index in [0.29, 0.717) is 0 Å². The first kappa shape index (κ1) is 25.6. The van der Waals surface area contributed by atoms with E-state index in [1.807, 2.05) is 6.07 Å². The number of rotatable bonds is 17. The lowest BCUT2D eigenvalue weighted by Crippen LogP contribution is -2.51. The quantitative estimate of drug-likeness (QED) is 0.119. The summed E-state index contributed by atoms with van der Waals surface area (Å²) in [6.07, 6.45) is 12.8. The largest absolute Gasteiger partial charge is 0.324 e. The molecule has 0 spiro atoms. The predicted octanol–water partition coefficient (Wildman–Crippen LogP) is 7.16. The van der Waals surface area contributed by atoms with E-state index < -0.39 is 0 Å². The van der Waals surface area contributed by atoms with E-state index in [0.717, 1.165) is 24.3 Å². The first-order valence-electron chi connectivity index (χ1n) is 12.0. The van der Waals surface area contributed by atoms with Crippen LogP contribution in [0.5, 0.6) is 0 Å². The van der Waals surface area contributed by atoms with Crippen LogP contribution < -0.4 is 0 Å². The van der Waals surface area contributed by atoms with Crippen molar-refractivity contribution >= 4 is 5.69 Å². The van der Waals surface area contributed by atoms with E-state index in [2.05, 4.69) is 27.7 Å². The first-order chi connectivity index (χ1) is 13.9. The Morgan fingerprint density at radius 3 is 2.14 bits per heavy atom. The van der Waals surface area contributed by atoms with Crippen molar-refractivity contribution in [1.82, 2.24) is 0 Å². The first-order valence-corrected chi connectivity index (χ1v) is 12.0. The number of benzene rings is 1. The molecule has 0 aliphatic carbocycles. The molecule has 1 aromatic carbocycles. The van der Waals surface area contributed by atoms with Crippen LogP contribution in [-0.4, -0.2) is 35.6 Å². The summed E-state index contributed by atoms with van der Waals surface area (Å²) < 4.78 is 1.24. The molecule has 0 fully saturated rings. The lowest BCUT2D eigenvalue weighted by molar-refractivity contribution is -0.929. The van der Waals surface area contributed by atoms with Crippen LogP contribution in [0.2, 0.25) is 0 Å². The number of nitro groups is 1. The van der Waals surface area contributed by atoms with Gasteiger partial charge in [0.2, 0.25) is 0 Å². The maximum absolute atomic E-state index is 11.0. The molecule has 1 rings (SSSR count). The number of quaternary nitrogens is 1. The summed E-state index contributed by atoms with van der Waals surface area (Å²) in [5, 5.41) is 11.0. The second-order valence-corrected chi connectivity index (χ2v) is 9.19. The molecule has 0 saturated heterocycles. The molecule has 1 atom stereocenters. The third-order valence-corrected chi connectivity index (χ3v) is 6.13. The fourth-order valence-electron chi connectivity index (χ4n) is 4.52. The number of aryl methyl sites for hydroxylation is 1. The molecule has 0 aliphatic heterocycles. The van der Waals surface area contributed by atoms with Gasteiger partial charge in [-0.1, -0.05) is 65.0 Å². The third-order valence-electron chi connectivity index (χ3n) is 6.13. The summed E-state index contributed by atoms with van der Waals surface area (Å²) in [5.74, 6) is 0.719. The van der Waals surface area contributed by atoms with Crippen LogP contribution in [0.1, 0.15) is 91.0 Å². The Morgan fingerprint density at radius 1 is 0.931 bits per heavy atom. The number of non-ortho nitro benzene ring substituents is 1. The Bertz CT molecular complexity index is 574. The fraction of sp³-hybridized carbons (Fsp3) is 0.760. The van der Waals surface area contributed by atoms with Crippen molar-refractivity contribution < 1.29 is 9.41 Å². The third kappa shape index (κ3) is 10.8. The predicted molar refractivity (Wildman–Crippen MR) is 124 cm³/mol. The van der Waals surface area contributed by atoms with Crippen LogP contribution in [0, 0.1) is 16.0 Å². The minimum Gasteiger partial charge on any atom is -0.324 e. The summed E-state index contributed by atoms with van der Waals surface area (Å²) in [7, 11) is 0. The zero-order valence-electron chi connectivity index (χ0n) is 19.5. The monoisotopic (exact) mass is 405 g/mol. The van der Waals surface area contributed by atoms with E-state index in [1.54, 1.807) is 18.2 Å². The smallest absolute Gasteiger partial charge is 0.269 e. The van der Waals surface area contributed by atoms with Crippen LogP contribution in [-0.2, 0) is 6.42 Å². The molecule has 0 aliphatic rings. The summed E-state index contributed by atoms with van der Waals surface area (Å²) in [4.78, 5) is 10.7. The average Bonchev–Trinajstić information content (AvgIpc) is 2.70. The van der Waals surface area contributed by atoms with Crippen LogP contribution in [0.4, 0.5) is 5.69 Å². The minimum atomic E-state index is -0.298. The van der Waals surface area contributed by atoms with Gasteiger partial charge in [0.15, 0.2) is 0 Å². The Kier molecular flexibility index (Phi) is 12.8. The Balaban J connectivity index is 2.46. The summed E-state index contributed by atoms with van der Waals surface area (Å²) >= 11 is 0. The van der Waals surface area contributed by atoms with E-state index in [1.165, 1.54) is 82.0 Å². The SMILES string of the molecule is CCCCCCCCC[N+](CC)(CCCCc1cccc([N+](=O)[O-])c1)CC(C)C. The molecule has 1 aromatic rings. The van der Waals surface area contributed by atoms with Gasteiger partial charge in [-0.2, -0.15) is 0 Å². The van der Waals surface area contributed by atoms with Crippen molar-refractivity contribution in [2.45, 2.75) is 91.9 Å². The number of hydrogen-bond donors (Lipinski definition) is 0. The van der Waals surface area contributed by atoms with Gasteiger partial charge in [0.05, 0.1) is 31.1 Å². The second kappa shape index (κ2) is 14.5. The van der Waals surface area contributed by atoms with Gasteiger partial charge in [0, 0.05) is 18.1 Å². The van der Waals surface area contributed by atoms with Gasteiger partial charge in [-0.05, 0) is 44.6 Å². The van der Waals surface area contributed by atoms with E-state index >= 15 is 0 Å². The highest BCUT2D eigenvalue weighted by Gasteiger charge is 2.25. The van der Waals surface area contributed by atoms with Crippen molar-refractivity contribution in [2.75, 3.05) is 26.2 Å². The van der Waals surface area contributed by atoms with E-state index in [-0.39, 0.29) is 10.6 Å². The van der Waals surface area contributed by atoms with Crippen LogP contribution in [0.25, 0.3) is 0 Å². The maximum atomic E-state index is 11.0. The lowest BCUT2D eigenvalue weighted by Gasteiger charge is -2.39. The van der Waals surface area contributed by atoms with Gasteiger partial charge < -0.3 is 4.48 Å². The van der Waals surface area contributed by atoms with Crippen molar-refractivity contribution in [1.29, 1.82) is 0 Å². The number of nitro benzene ring substituents is 1. The van der Waals surface area contributed by atoms with Crippen molar-refractivity contribution in [2.24, 2.45) is 5.92 Å². The molecule has 0 N–H and O–H groups in total. The number of hydrogen-bond acceptors (Lipinski definition) is 2. The molecular formula is C25H45N2O2+. The summed E-state index contributed by atoms with van der Waals surface area (Å²) in [6.45, 7) is 14.3. The fourth-order valence-corrected chi connectivity index (χ4v) is 4.52. The van der Waals surface area contributed by atoms with E-state index in [9.17, 15) is 10.1 Å². The highest BCUT2D eigenvalue weighted by molar-refractivity contribution is 5.34. The summed E-state index contributed by atoms with van der Waals surface area (Å²) in [6, 6.07) is 7.13. The van der Waals surface area contributed by atoms with Crippen molar-refractivity contribution in [3.8, 4) is 0 Å². The molecule has 4 heteroatoms. The zero-order chi connectivity index (χ0) is 21.5. The Hall–Kier alpha value is -1.42. The lowest BCUT2D eigenvalue weighted by atomic mass is 10.0. The highest BCUT2D eigenvalue weighted by Crippen LogP contribution is 2.19. The molecule has 0 amide bonds. The Labute approximate surface area is 179 Å². The number of unbranched alkanes of at least 4 members (excludes halogenated alkanes) is 7. The summed E-state index contributed by atoms with van der Waals surface area (Å²) in [5.41, 5.74) is 1.30. The number of nitrogens with zero attached hydrogens (tertiary/aromatic N) is 2. The van der Waals surface area contributed by atoms with Crippen LogP contribution in [0.3, 0.4) is 0 Å². The molecule has 4 nitrogen and oxygen atoms in total. The van der Waals surface area contributed by atoms with Gasteiger partial charge in [-0.3, -0.25) is 10.1 Å². The topological polar surface area (TPSA) is 43.1 Å². The van der Waals surface area contributed by atoms with E-state index in [4.69, 9.17) is 0 Å². The Morgan fingerprint density at radius 2 is 1.55 bits per heavy atom. The van der Waals surface area contributed by atoms with Gasteiger partial charge in [0.1, 0.15) is 0 Å². The van der Waals surface area contributed by atoms with Gasteiger partial charge in [-0.15, -0.1) is 0 Å². The molecule has 166 valence electrons. The zero-order valence-corrected chi connectivity index (χ0v) is 19.5. The standard InChI is InChI=1S/C25H45N2O2/c1-5-7-8-9-10-11-13-19-27(6-2,22-23(3)4)20-14-12-16-24-17-15-18-25(21-24)26(28)29/h15,17-18,21,23H,5-14,16,19-20,22H2,1-4H3/q+1. The van der Waals surface area contributed by atoms with Crippen molar-refractivity contribution in [3.05, 3.63) is 39.9 Å². The molecule has 0 aromatic heterocycles. The van der Waals surface area contributed by atoms with Crippen LogP contribution in [0.15, 0.2) is 24.3 Å². The molecule has 1 unspecified atom stereocenters. The molecule has 0 bridgehead atoms. The second-order valence-electron chi connectivity index (χ2n) is 9.19.